The Hall–Kier alpha value is -2.71. The lowest BCUT2D eigenvalue weighted by Gasteiger charge is -2.28. The molecular weight excluding hydrogens is 420 g/mol. The van der Waals surface area contributed by atoms with Crippen molar-refractivity contribution in [3.05, 3.63) is 46.0 Å². The highest BCUT2D eigenvalue weighted by atomic mass is 35.5. The molecule has 1 aliphatic carbocycles. The number of nitrogens with one attached hydrogen (secondary N) is 2. The standard InChI is InChI=1S/C22H27ClN4O4/c1-12-18(21(29)26-15-9-10-24-17(23)11-15)13(2)27(3)19(12)20(28)22(30)25-14-5-7-16(31-4)8-6-14/h9-11,14,16H,5-8H2,1-4H3,(H,25,30)(H,24,26,29)/t14-,16+. The number of halogens is 1. The van der Waals surface area contributed by atoms with Crippen LogP contribution >= 0.6 is 11.6 Å². The fraction of sp³-hybridized carbons (Fsp3) is 0.455. The van der Waals surface area contributed by atoms with Gasteiger partial charge in [-0.05, 0) is 57.2 Å². The molecule has 2 aromatic rings. The summed E-state index contributed by atoms with van der Waals surface area (Å²) >= 11 is 5.88. The molecule has 2 N–H and O–H groups in total. The number of rotatable bonds is 6. The molecule has 0 bridgehead atoms. The van der Waals surface area contributed by atoms with E-state index in [1.807, 2.05) is 0 Å². The third-order valence-corrected chi connectivity index (χ3v) is 6.11. The van der Waals surface area contributed by atoms with Crippen LogP contribution in [0.15, 0.2) is 18.3 Å². The Labute approximate surface area is 186 Å². The van der Waals surface area contributed by atoms with E-state index < -0.39 is 11.7 Å². The van der Waals surface area contributed by atoms with Crippen LogP contribution in [-0.4, -0.2) is 46.4 Å². The van der Waals surface area contributed by atoms with Gasteiger partial charge >= 0.3 is 0 Å². The van der Waals surface area contributed by atoms with Gasteiger partial charge in [-0.3, -0.25) is 14.4 Å². The van der Waals surface area contributed by atoms with Crippen LogP contribution in [0.5, 0.6) is 0 Å². The summed E-state index contributed by atoms with van der Waals surface area (Å²) in [6.45, 7) is 3.41. The molecule has 0 radical (unpaired) electrons. The van der Waals surface area contributed by atoms with Gasteiger partial charge in [-0.25, -0.2) is 4.98 Å². The SMILES string of the molecule is CO[C@H]1CC[C@@H](NC(=O)C(=O)c2c(C)c(C(=O)Nc3ccnc(Cl)c3)c(C)n2C)CC1. The van der Waals surface area contributed by atoms with Crippen LogP contribution in [0.1, 0.15) is 57.8 Å². The normalized spacial score (nSPS) is 18.5. The van der Waals surface area contributed by atoms with Gasteiger partial charge in [0.05, 0.1) is 17.4 Å². The third kappa shape index (κ3) is 4.97. The van der Waals surface area contributed by atoms with Crippen LogP contribution in [0.3, 0.4) is 0 Å². The van der Waals surface area contributed by atoms with Crippen molar-refractivity contribution in [1.82, 2.24) is 14.9 Å². The molecule has 0 aromatic carbocycles. The molecular formula is C22H27ClN4O4. The van der Waals surface area contributed by atoms with Gasteiger partial charge in [0, 0.05) is 37.8 Å². The Balaban J connectivity index is 1.76. The number of hydrogen-bond donors (Lipinski definition) is 2. The summed E-state index contributed by atoms with van der Waals surface area (Å²) < 4.78 is 6.94. The predicted octanol–water partition coefficient (Wildman–Crippen LogP) is 3.20. The fourth-order valence-corrected chi connectivity index (χ4v) is 4.28. The summed E-state index contributed by atoms with van der Waals surface area (Å²) in [4.78, 5) is 42.4. The van der Waals surface area contributed by atoms with E-state index in [9.17, 15) is 14.4 Å². The first kappa shape index (κ1) is 23.0. The minimum absolute atomic E-state index is 0.0521. The predicted molar refractivity (Wildman–Crippen MR) is 118 cm³/mol. The van der Waals surface area contributed by atoms with E-state index in [0.29, 0.717) is 22.5 Å². The van der Waals surface area contributed by atoms with Gasteiger partial charge in [0.25, 0.3) is 17.6 Å². The number of nitrogens with zero attached hydrogens (tertiary/aromatic N) is 2. The Morgan fingerprint density at radius 3 is 2.48 bits per heavy atom. The Morgan fingerprint density at radius 2 is 1.87 bits per heavy atom. The molecule has 0 saturated heterocycles. The van der Waals surface area contributed by atoms with Crippen molar-refractivity contribution in [2.45, 2.75) is 51.7 Å². The molecule has 0 atom stereocenters. The highest BCUT2D eigenvalue weighted by Gasteiger charge is 2.30. The van der Waals surface area contributed by atoms with Crippen molar-refractivity contribution in [2.75, 3.05) is 12.4 Å². The molecule has 31 heavy (non-hydrogen) atoms. The van der Waals surface area contributed by atoms with Gasteiger partial charge in [0.15, 0.2) is 0 Å². The zero-order valence-corrected chi connectivity index (χ0v) is 18.9. The number of pyridine rings is 1. The summed E-state index contributed by atoms with van der Waals surface area (Å²) in [6, 6.07) is 3.10. The maximum atomic E-state index is 13.0. The van der Waals surface area contributed by atoms with Crippen molar-refractivity contribution in [3.8, 4) is 0 Å². The summed E-state index contributed by atoms with van der Waals surface area (Å²) in [5, 5.41) is 5.86. The van der Waals surface area contributed by atoms with E-state index in [1.54, 1.807) is 38.6 Å². The van der Waals surface area contributed by atoms with Crippen LogP contribution in [0, 0.1) is 13.8 Å². The van der Waals surface area contributed by atoms with Crippen molar-refractivity contribution < 1.29 is 19.1 Å². The molecule has 2 amide bonds. The molecule has 2 aromatic heterocycles. The fourth-order valence-electron chi connectivity index (χ4n) is 4.11. The number of carbonyl (C=O) groups excluding carboxylic acids is 3. The second-order valence-electron chi connectivity index (χ2n) is 7.83. The monoisotopic (exact) mass is 446 g/mol. The summed E-state index contributed by atoms with van der Waals surface area (Å²) in [5.74, 6) is -1.69. The number of ketones is 1. The lowest BCUT2D eigenvalue weighted by atomic mass is 9.93. The number of ether oxygens (including phenoxy) is 1. The second-order valence-corrected chi connectivity index (χ2v) is 8.21. The van der Waals surface area contributed by atoms with Crippen LogP contribution in [0.4, 0.5) is 5.69 Å². The van der Waals surface area contributed by atoms with Crippen molar-refractivity contribution in [2.24, 2.45) is 7.05 Å². The van der Waals surface area contributed by atoms with Gasteiger partial charge in [-0.1, -0.05) is 11.6 Å². The van der Waals surface area contributed by atoms with Crippen molar-refractivity contribution in [3.63, 3.8) is 0 Å². The van der Waals surface area contributed by atoms with Gasteiger partial charge < -0.3 is 19.9 Å². The summed E-state index contributed by atoms with van der Waals surface area (Å²) in [6.07, 6.45) is 4.93. The topological polar surface area (TPSA) is 102 Å². The Morgan fingerprint density at radius 1 is 1.19 bits per heavy atom. The first-order valence-corrected chi connectivity index (χ1v) is 10.6. The number of carbonyl (C=O) groups is 3. The lowest BCUT2D eigenvalue weighted by Crippen LogP contribution is -2.42. The molecule has 0 aliphatic heterocycles. The lowest BCUT2D eigenvalue weighted by molar-refractivity contribution is -0.118. The minimum Gasteiger partial charge on any atom is -0.381 e. The maximum absolute atomic E-state index is 13.0. The Kier molecular flexibility index (Phi) is 7.12. The number of methoxy groups -OCH3 is 1. The smallest absolute Gasteiger partial charge is 0.294 e. The highest BCUT2D eigenvalue weighted by molar-refractivity contribution is 6.43. The van der Waals surface area contributed by atoms with Gasteiger partial charge in [0.2, 0.25) is 0 Å². The van der Waals surface area contributed by atoms with Crippen LogP contribution in [0.2, 0.25) is 5.15 Å². The van der Waals surface area contributed by atoms with E-state index >= 15 is 0 Å². The van der Waals surface area contributed by atoms with E-state index in [4.69, 9.17) is 16.3 Å². The van der Waals surface area contributed by atoms with Crippen LogP contribution in [-0.2, 0) is 16.6 Å². The van der Waals surface area contributed by atoms with E-state index in [1.165, 1.54) is 12.3 Å². The average molecular weight is 447 g/mol. The maximum Gasteiger partial charge on any atom is 0.294 e. The van der Waals surface area contributed by atoms with Gasteiger partial charge in [-0.2, -0.15) is 0 Å². The molecule has 1 fully saturated rings. The first-order valence-electron chi connectivity index (χ1n) is 10.2. The molecule has 166 valence electrons. The molecule has 0 unspecified atom stereocenters. The average Bonchev–Trinajstić information content (AvgIpc) is 2.96. The second kappa shape index (κ2) is 9.62. The Bertz CT molecular complexity index is 1010. The van der Waals surface area contributed by atoms with Crippen molar-refractivity contribution in [1.29, 1.82) is 0 Å². The van der Waals surface area contributed by atoms with E-state index in [0.717, 1.165) is 25.7 Å². The number of Topliss-reactive ketones (excluding diaryl/α,β-unsaturated/α-hetero) is 1. The van der Waals surface area contributed by atoms with Crippen LogP contribution in [0.25, 0.3) is 0 Å². The van der Waals surface area contributed by atoms with Gasteiger partial charge in [0.1, 0.15) is 5.15 Å². The third-order valence-electron chi connectivity index (χ3n) is 5.91. The van der Waals surface area contributed by atoms with E-state index in [2.05, 4.69) is 15.6 Å². The van der Waals surface area contributed by atoms with Crippen LogP contribution < -0.4 is 10.6 Å². The largest absolute Gasteiger partial charge is 0.381 e. The minimum atomic E-state index is -0.655. The molecule has 3 rings (SSSR count). The zero-order chi connectivity index (χ0) is 22.7. The molecule has 8 nitrogen and oxygen atoms in total. The van der Waals surface area contributed by atoms with Gasteiger partial charge in [-0.15, -0.1) is 0 Å². The zero-order valence-electron chi connectivity index (χ0n) is 18.1. The summed E-state index contributed by atoms with van der Waals surface area (Å²) in [7, 11) is 3.36. The molecule has 1 aliphatic rings. The summed E-state index contributed by atoms with van der Waals surface area (Å²) in [5.41, 5.74) is 2.10. The molecule has 2 heterocycles. The molecule has 0 spiro atoms. The number of amides is 2. The highest BCUT2D eigenvalue weighted by Crippen LogP contribution is 2.24. The number of anilines is 1. The quantitative estimate of drug-likeness (QED) is 0.403. The molecule has 9 heteroatoms. The van der Waals surface area contributed by atoms with Crippen molar-refractivity contribution >= 4 is 34.9 Å². The first-order chi connectivity index (χ1) is 14.7. The van der Waals surface area contributed by atoms with E-state index in [-0.39, 0.29) is 28.9 Å². The number of aromatic nitrogens is 2. The number of hydrogen-bond acceptors (Lipinski definition) is 5. The molecule has 1 saturated carbocycles.